The van der Waals surface area contributed by atoms with Gasteiger partial charge in [-0.2, -0.15) is 21.6 Å². The summed E-state index contributed by atoms with van der Waals surface area (Å²) in [6.45, 7) is 3.70. The molecular weight excluding hydrogens is 347 g/mol. The monoisotopic (exact) mass is 361 g/mol. The number of alkyl halides is 3. The number of carboxylic acid groups (broad SMARTS) is 1. The van der Waals surface area contributed by atoms with E-state index in [1.807, 2.05) is 0 Å². The van der Waals surface area contributed by atoms with Crippen molar-refractivity contribution in [1.29, 1.82) is 0 Å². The molecule has 1 heterocycles. The molecule has 1 amide bonds. The Labute approximate surface area is 129 Å². The zero-order chi connectivity index (χ0) is 18.2. The van der Waals surface area contributed by atoms with E-state index in [4.69, 9.17) is 9.84 Å². The Kier molecular flexibility index (Phi) is 4.90. The number of carboxylic acids is 1. The third-order valence-electron chi connectivity index (χ3n) is 2.39. The summed E-state index contributed by atoms with van der Waals surface area (Å²) in [6.07, 6.45) is -0.542. The van der Waals surface area contributed by atoms with Gasteiger partial charge in [0.1, 0.15) is 11.4 Å². The molecule has 0 saturated carbocycles. The number of amides is 1. The molecule has 1 aliphatic heterocycles. The van der Waals surface area contributed by atoms with E-state index >= 15 is 0 Å². The van der Waals surface area contributed by atoms with Gasteiger partial charge in [-0.1, -0.05) is 0 Å². The van der Waals surface area contributed by atoms with Crippen molar-refractivity contribution in [1.82, 2.24) is 4.90 Å². The molecule has 0 aromatic rings. The maximum atomic E-state index is 12.3. The second kappa shape index (κ2) is 5.91. The zero-order valence-electron chi connectivity index (χ0n) is 12.2. The van der Waals surface area contributed by atoms with Crippen molar-refractivity contribution >= 4 is 22.2 Å². The van der Waals surface area contributed by atoms with Gasteiger partial charge < -0.3 is 14.0 Å². The molecule has 0 radical (unpaired) electrons. The van der Waals surface area contributed by atoms with Gasteiger partial charge in [-0.25, -0.2) is 9.59 Å². The topological polar surface area (TPSA) is 110 Å². The van der Waals surface area contributed by atoms with E-state index < -0.39 is 51.6 Å². The first-order valence-corrected chi connectivity index (χ1v) is 7.49. The molecule has 1 N–H and O–H groups in total. The maximum Gasteiger partial charge on any atom is 0.534 e. The number of nitrogens with zero attached hydrogens (tertiary/aromatic N) is 1. The molecule has 132 valence electrons. The average Bonchev–Trinajstić information content (AvgIpc) is 2.68. The highest BCUT2D eigenvalue weighted by Crippen LogP contribution is 2.29. The van der Waals surface area contributed by atoms with Crippen LogP contribution in [0, 0.1) is 0 Å². The summed E-state index contributed by atoms with van der Waals surface area (Å²) >= 11 is 0. The van der Waals surface area contributed by atoms with Crippen LogP contribution in [0.5, 0.6) is 0 Å². The molecular formula is C11H14F3NO7S. The number of carbonyl (C=O) groups is 2. The van der Waals surface area contributed by atoms with Crippen LogP contribution in [0.2, 0.25) is 0 Å². The highest BCUT2D eigenvalue weighted by atomic mass is 32.2. The van der Waals surface area contributed by atoms with Crippen LogP contribution in [0.25, 0.3) is 0 Å². The molecule has 0 spiro atoms. The number of hydrogen-bond donors (Lipinski definition) is 1. The minimum Gasteiger partial charge on any atom is -0.479 e. The molecule has 0 bridgehead atoms. The minimum atomic E-state index is -5.95. The van der Waals surface area contributed by atoms with Gasteiger partial charge in [0.15, 0.2) is 6.04 Å². The van der Waals surface area contributed by atoms with E-state index in [9.17, 15) is 31.2 Å². The second-order valence-electron chi connectivity index (χ2n) is 5.51. The van der Waals surface area contributed by atoms with Gasteiger partial charge in [-0.15, -0.1) is 0 Å². The second-order valence-corrected chi connectivity index (χ2v) is 7.05. The van der Waals surface area contributed by atoms with E-state index in [0.717, 1.165) is 0 Å². The van der Waals surface area contributed by atoms with Crippen molar-refractivity contribution < 1.29 is 45.2 Å². The highest BCUT2D eigenvalue weighted by Gasteiger charge is 2.50. The Morgan fingerprint density at radius 1 is 1.30 bits per heavy atom. The molecule has 0 saturated heterocycles. The fourth-order valence-corrected chi connectivity index (χ4v) is 2.02. The number of carbonyl (C=O) groups excluding carboxylic acids is 1. The Bertz CT molecular complexity index is 633. The Morgan fingerprint density at radius 3 is 2.22 bits per heavy atom. The van der Waals surface area contributed by atoms with Gasteiger partial charge in [0, 0.05) is 0 Å². The van der Waals surface area contributed by atoms with Crippen molar-refractivity contribution in [3.05, 3.63) is 11.8 Å². The van der Waals surface area contributed by atoms with Crippen LogP contribution in [0.15, 0.2) is 11.8 Å². The third kappa shape index (κ3) is 4.74. The molecule has 12 heteroatoms. The fraction of sp³-hybridized carbons (Fsp3) is 0.636. The summed E-state index contributed by atoms with van der Waals surface area (Å²) in [5.74, 6) is -2.42. The summed E-state index contributed by atoms with van der Waals surface area (Å²) in [4.78, 5) is 23.5. The summed E-state index contributed by atoms with van der Waals surface area (Å²) < 4.78 is 67.4. The number of halogens is 3. The molecule has 1 unspecified atom stereocenters. The Hall–Kier alpha value is -1.98. The van der Waals surface area contributed by atoms with Gasteiger partial charge in [0.2, 0.25) is 0 Å². The molecule has 1 atom stereocenters. The minimum absolute atomic E-state index is 0.537. The van der Waals surface area contributed by atoms with Crippen LogP contribution < -0.4 is 0 Å². The lowest BCUT2D eigenvalue weighted by Crippen LogP contribution is -2.44. The molecule has 23 heavy (non-hydrogen) atoms. The standard InChI is InChI=1S/C11H14F3NO7S/c1-10(2,3)21-9(18)15-5-6(4-7(15)8(16)17)22-23(19,20)11(12,13)14/h4,7H,5H2,1-3H3,(H,16,17). The van der Waals surface area contributed by atoms with E-state index in [2.05, 4.69) is 4.18 Å². The van der Waals surface area contributed by atoms with Crippen LogP contribution >= 0.6 is 0 Å². The van der Waals surface area contributed by atoms with Crippen LogP contribution in [-0.4, -0.2) is 54.2 Å². The molecule has 1 aliphatic rings. The van der Waals surface area contributed by atoms with E-state index in [1.165, 1.54) is 20.8 Å². The van der Waals surface area contributed by atoms with Crippen molar-refractivity contribution in [3.63, 3.8) is 0 Å². The van der Waals surface area contributed by atoms with Crippen LogP contribution in [0.4, 0.5) is 18.0 Å². The first-order valence-electron chi connectivity index (χ1n) is 6.08. The molecule has 0 aromatic carbocycles. The van der Waals surface area contributed by atoms with Crippen molar-refractivity contribution in [3.8, 4) is 0 Å². The molecule has 0 aromatic heterocycles. The predicted molar refractivity (Wildman–Crippen MR) is 68.5 cm³/mol. The highest BCUT2D eigenvalue weighted by molar-refractivity contribution is 7.87. The maximum absolute atomic E-state index is 12.3. The van der Waals surface area contributed by atoms with E-state index in [1.54, 1.807) is 0 Å². The SMILES string of the molecule is CC(C)(C)OC(=O)N1CC(OS(=O)(=O)C(F)(F)F)=CC1C(=O)O. The fourth-order valence-electron chi connectivity index (χ4n) is 1.53. The largest absolute Gasteiger partial charge is 0.534 e. The first kappa shape index (κ1) is 19.1. The van der Waals surface area contributed by atoms with Gasteiger partial charge >= 0.3 is 27.7 Å². The number of rotatable bonds is 3. The Morgan fingerprint density at radius 2 is 1.83 bits per heavy atom. The van der Waals surface area contributed by atoms with Crippen molar-refractivity contribution in [2.75, 3.05) is 6.54 Å². The quantitative estimate of drug-likeness (QED) is 0.598. The lowest BCUT2D eigenvalue weighted by atomic mass is 10.2. The lowest BCUT2D eigenvalue weighted by Gasteiger charge is -2.26. The molecule has 0 aliphatic carbocycles. The summed E-state index contributed by atoms with van der Waals surface area (Å²) in [5.41, 5.74) is -6.66. The van der Waals surface area contributed by atoms with Crippen molar-refractivity contribution in [2.24, 2.45) is 0 Å². The van der Waals surface area contributed by atoms with Crippen LogP contribution in [-0.2, 0) is 23.8 Å². The summed E-state index contributed by atoms with van der Waals surface area (Å²) in [6, 6.07) is -1.71. The van der Waals surface area contributed by atoms with E-state index in [-0.39, 0.29) is 0 Å². The summed E-state index contributed by atoms with van der Waals surface area (Å²) in [7, 11) is -5.95. The van der Waals surface area contributed by atoms with Crippen LogP contribution in [0.3, 0.4) is 0 Å². The Balaban J connectivity index is 2.98. The zero-order valence-corrected chi connectivity index (χ0v) is 13.1. The lowest BCUT2D eigenvalue weighted by molar-refractivity contribution is -0.140. The molecule has 8 nitrogen and oxygen atoms in total. The average molecular weight is 361 g/mol. The van der Waals surface area contributed by atoms with Gasteiger partial charge in [0.25, 0.3) is 0 Å². The normalized spacial score (nSPS) is 19.3. The van der Waals surface area contributed by atoms with Gasteiger partial charge in [-0.05, 0) is 26.8 Å². The smallest absolute Gasteiger partial charge is 0.479 e. The van der Waals surface area contributed by atoms with Crippen LogP contribution in [0.1, 0.15) is 20.8 Å². The number of ether oxygens (including phenoxy) is 1. The third-order valence-corrected chi connectivity index (χ3v) is 3.39. The first-order chi connectivity index (χ1) is 10.1. The summed E-state index contributed by atoms with van der Waals surface area (Å²) in [5, 5.41) is 8.99. The van der Waals surface area contributed by atoms with Gasteiger partial charge in [-0.3, -0.25) is 4.90 Å². The van der Waals surface area contributed by atoms with Crippen molar-refractivity contribution in [2.45, 2.75) is 37.9 Å². The molecule has 0 fully saturated rings. The number of aliphatic carboxylic acids is 1. The predicted octanol–water partition coefficient (Wildman–Crippen LogP) is 1.44. The number of hydrogen-bond acceptors (Lipinski definition) is 6. The molecule has 1 rings (SSSR count). The van der Waals surface area contributed by atoms with Gasteiger partial charge in [0.05, 0.1) is 6.54 Å². The van der Waals surface area contributed by atoms with E-state index in [0.29, 0.717) is 11.0 Å².